The van der Waals surface area contributed by atoms with Gasteiger partial charge in [-0.15, -0.1) is 0 Å². The van der Waals surface area contributed by atoms with E-state index >= 15 is 0 Å². The molecule has 0 radical (unpaired) electrons. The number of benzene rings is 1. The first-order chi connectivity index (χ1) is 10.9. The molecular weight excluding hydrogens is 310 g/mol. The molecule has 1 aromatic carbocycles. The molecule has 0 aromatic heterocycles. The van der Waals surface area contributed by atoms with Crippen molar-refractivity contribution in [1.29, 1.82) is 0 Å². The van der Waals surface area contributed by atoms with E-state index in [0.717, 1.165) is 32.5 Å². The SMILES string of the molecule is CCN1CCCC1CN(CCN(C)C)S(=O)(=O)c1ccccc1. The molecule has 1 saturated heterocycles. The average Bonchev–Trinajstić information content (AvgIpc) is 2.99. The number of likely N-dealkylation sites (N-methyl/N-ethyl adjacent to an activating group) is 2. The molecule has 0 aliphatic carbocycles. The van der Waals surface area contributed by atoms with Crippen molar-refractivity contribution in [3.63, 3.8) is 0 Å². The molecule has 0 bridgehead atoms. The Morgan fingerprint density at radius 2 is 1.87 bits per heavy atom. The van der Waals surface area contributed by atoms with E-state index in [2.05, 4.69) is 11.8 Å². The van der Waals surface area contributed by atoms with Gasteiger partial charge in [-0.2, -0.15) is 4.31 Å². The summed E-state index contributed by atoms with van der Waals surface area (Å²) >= 11 is 0. The fourth-order valence-corrected chi connectivity index (χ4v) is 4.61. The summed E-state index contributed by atoms with van der Waals surface area (Å²) in [6.07, 6.45) is 2.24. The van der Waals surface area contributed by atoms with Crippen LogP contribution in [0.5, 0.6) is 0 Å². The van der Waals surface area contributed by atoms with Crippen LogP contribution in [0.1, 0.15) is 19.8 Å². The lowest BCUT2D eigenvalue weighted by Crippen LogP contribution is -2.45. The maximum Gasteiger partial charge on any atom is 0.243 e. The maximum atomic E-state index is 13.0. The molecule has 1 aromatic rings. The van der Waals surface area contributed by atoms with E-state index in [1.165, 1.54) is 0 Å². The quantitative estimate of drug-likeness (QED) is 0.723. The Morgan fingerprint density at radius 1 is 1.17 bits per heavy atom. The zero-order valence-corrected chi connectivity index (χ0v) is 15.3. The number of hydrogen-bond donors (Lipinski definition) is 0. The number of sulfonamides is 1. The third-order valence-electron chi connectivity index (χ3n) is 4.50. The van der Waals surface area contributed by atoms with E-state index in [9.17, 15) is 8.42 Å². The molecule has 23 heavy (non-hydrogen) atoms. The van der Waals surface area contributed by atoms with Gasteiger partial charge in [0.05, 0.1) is 4.90 Å². The van der Waals surface area contributed by atoms with E-state index in [1.807, 2.05) is 25.1 Å². The van der Waals surface area contributed by atoms with Gasteiger partial charge in [-0.1, -0.05) is 25.1 Å². The molecule has 0 spiro atoms. The predicted octanol–water partition coefficient (Wildman–Crippen LogP) is 1.72. The third kappa shape index (κ3) is 4.76. The number of likely N-dealkylation sites (tertiary alicyclic amines) is 1. The minimum absolute atomic E-state index is 0.334. The van der Waals surface area contributed by atoms with Crippen molar-refractivity contribution >= 4 is 10.0 Å². The number of rotatable bonds is 8. The smallest absolute Gasteiger partial charge is 0.243 e. The standard InChI is InChI=1S/C17H29N3O2S/c1-4-19-12-8-9-16(19)15-20(14-13-18(2)3)23(21,22)17-10-6-5-7-11-17/h5-7,10-11,16H,4,8-9,12-15H2,1-3H3. The van der Waals surface area contributed by atoms with Gasteiger partial charge in [0.1, 0.15) is 0 Å². The van der Waals surface area contributed by atoms with Crippen LogP contribution in [0, 0.1) is 0 Å². The van der Waals surface area contributed by atoms with Crippen molar-refractivity contribution in [2.75, 3.05) is 46.8 Å². The fraction of sp³-hybridized carbons (Fsp3) is 0.647. The summed E-state index contributed by atoms with van der Waals surface area (Å²) in [5, 5.41) is 0. The van der Waals surface area contributed by atoms with Gasteiger partial charge in [-0.3, -0.25) is 4.90 Å². The highest BCUT2D eigenvalue weighted by Gasteiger charge is 2.31. The number of nitrogens with zero attached hydrogens (tertiary/aromatic N) is 3. The highest BCUT2D eigenvalue weighted by molar-refractivity contribution is 7.89. The van der Waals surface area contributed by atoms with Crippen LogP contribution in [0.2, 0.25) is 0 Å². The van der Waals surface area contributed by atoms with E-state index in [0.29, 0.717) is 24.0 Å². The molecule has 0 amide bonds. The summed E-state index contributed by atoms with van der Waals surface area (Å²) in [6, 6.07) is 9.11. The first kappa shape index (κ1) is 18.4. The summed E-state index contributed by atoms with van der Waals surface area (Å²) in [5.41, 5.74) is 0. The van der Waals surface area contributed by atoms with E-state index in [1.54, 1.807) is 28.6 Å². The minimum atomic E-state index is -3.44. The van der Waals surface area contributed by atoms with Gasteiger partial charge < -0.3 is 4.90 Å². The maximum absolute atomic E-state index is 13.0. The van der Waals surface area contributed by atoms with Crippen molar-refractivity contribution in [2.24, 2.45) is 0 Å². The van der Waals surface area contributed by atoms with E-state index < -0.39 is 10.0 Å². The molecule has 2 rings (SSSR count). The molecule has 1 aliphatic heterocycles. The van der Waals surface area contributed by atoms with Gasteiger partial charge in [0.2, 0.25) is 10.0 Å². The van der Waals surface area contributed by atoms with Crippen molar-refractivity contribution in [3.05, 3.63) is 30.3 Å². The highest BCUT2D eigenvalue weighted by Crippen LogP contribution is 2.22. The van der Waals surface area contributed by atoms with Crippen LogP contribution in [0.3, 0.4) is 0 Å². The third-order valence-corrected chi connectivity index (χ3v) is 6.38. The van der Waals surface area contributed by atoms with Crippen molar-refractivity contribution in [3.8, 4) is 0 Å². The summed E-state index contributed by atoms with van der Waals surface area (Å²) in [5.74, 6) is 0. The van der Waals surface area contributed by atoms with Crippen LogP contribution in [-0.4, -0.2) is 75.4 Å². The second-order valence-corrected chi connectivity index (χ2v) is 8.34. The van der Waals surface area contributed by atoms with Gasteiger partial charge in [0.15, 0.2) is 0 Å². The van der Waals surface area contributed by atoms with Crippen LogP contribution >= 0.6 is 0 Å². The normalized spacial score (nSPS) is 19.8. The van der Waals surface area contributed by atoms with Crippen LogP contribution in [0.15, 0.2) is 35.2 Å². The van der Waals surface area contributed by atoms with Crippen LogP contribution in [0.4, 0.5) is 0 Å². The van der Waals surface area contributed by atoms with Gasteiger partial charge in [0, 0.05) is 25.7 Å². The lowest BCUT2D eigenvalue weighted by molar-refractivity contribution is 0.220. The van der Waals surface area contributed by atoms with Gasteiger partial charge in [0.25, 0.3) is 0 Å². The molecule has 1 heterocycles. The van der Waals surface area contributed by atoms with Crippen molar-refractivity contribution in [1.82, 2.24) is 14.1 Å². The molecule has 1 unspecified atom stereocenters. The zero-order chi connectivity index (χ0) is 16.9. The van der Waals surface area contributed by atoms with E-state index in [-0.39, 0.29) is 0 Å². The van der Waals surface area contributed by atoms with Gasteiger partial charge in [-0.05, 0) is 52.2 Å². The van der Waals surface area contributed by atoms with Crippen LogP contribution in [-0.2, 0) is 10.0 Å². The Morgan fingerprint density at radius 3 is 2.48 bits per heavy atom. The Bertz CT molecular complexity index is 575. The topological polar surface area (TPSA) is 43.9 Å². The van der Waals surface area contributed by atoms with Crippen molar-refractivity contribution in [2.45, 2.75) is 30.7 Å². The Labute approximate surface area is 140 Å². The lowest BCUT2D eigenvalue weighted by atomic mass is 10.2. The monoisotopic (exact) mass is 339 g/mol. The minimum Gasteiger partial charge on any atom is -0.308 e. The molecule has 1 fully saturated rings. The Balaban J connectivity index is 2.19. The lowest BCUT2D eigenvalue weighted by Gasteiger charge is -2.30. The molecule has 1 aliphatic rings. The molecule has 130 valence electrons. The summed E-state index contributed by atoms with van der Waals surface area (Å²) in [7, 11) is 0.511. The average molecular weight is 340 g/mol. The van der Waals surface area contributed by atoms with Gasteiger partial charge >= 0.3 is 0 Å². The molecular formula is C17H29N3O2S. The second kappa shape index (κ2) is 8.24. The second-order valence-electron chi connectivity index (χ2n) is 6.40. The summed E-state index contributed by atoms with van der Waals surface area (Å²) in [6.45, 7) is 6.04. The van der Waals surface area contributed by atoms with Crippen LogP contribution < -0.4 is 0 Å². The highest BCUT2D eigenvalue weighted by atomic mass is 32.2. The van der Waals surface area contributed by atoms with E-state index in [4.69, 9.17) is 0 Å². The summed E-state index contributed by atoms with van der Waals surface area (Å²) < 4.78 is 27.7. The largest absolute Gasteiger partial charge is 0.308 e. The molecule has 0 N–H and O–H groups in total. The Hall–Kier alpha value is -0.950. The predicted molar refractivity (Wildman–Crippen MR) is 94.0 cm³/mol. The molecule has 0 saturated carbocycles. The first-order valence-electron chi connectivity index (χ1n) is 8.39. The summed E-state index contributed by atoms with van der Waals surface area (Å²) in [4.78, 5) is 4.81. The Kier molecular flexibility index (Phi) is 6.59. The molecule has 5 nitrogen and oxygen atoms in total. The van der Waals surface area contributed by atoms with Gasteiger partial charge in [-0.25, -0.2) is 8.42 Å². The van der Waals surface area contributed by atoms with Crippen molar-refractivity contribution < 1.29 is 8.42 Å². The molecule has 6 heteroatoms. The molecule has 1 atom stereocenters. The fourth-order valence-electron chi connectivity index (χ4n) is 3.12. The first-order valence-corrected chi connectivity index (χ1v) is 9.83. The number of hydrogen-bond acceptors (Lipinski definition) is 4. The van der Waals surface area contributed by atoms with Crippen LogP contribution in [0.25, 0.3) is 0 Å². The zero-order valence-electron chi connectivity index (χ0n) is 14.5.